The molecule has 2 aliphatic carbocycles. The van der Waals surface area contributed by atoms with Gasteiger partial charge >= 0.3 is 0 Å². The third-order valence-electron chi connectivity index (χ3n) is 7.69. The van der Waals surface area contributed by atoms with E-state index in [0.717, 1.165) is 54.9 Å². The maximum absolute atomic E-state index is 9.67. The van der Waals surface area contributed by atoms with Crippen LogP contribution in [0, 0.1) is 29.6 Å². The van der Waals surface area contributed by atoms with Crippen molar-refractivity contribution in [3.05, 3.63) is 35.4 Å². The van der Waals surface area contributed by atoms with Crippen molar-refractivity contribution >= 4 is 0 Å². The zero-order valence-electron chi connectivity index (χ0n) is 20.1. The third-order valence-corrected chi connectivity index (χ3v) is 7.69. The summed E-state index contributed by atoms with van der Waals surface area (Å²) in [5, 5.41) is 9.67. The first-order valence-corrected chi connectivity index (χ1v) is 12.8. The monoisotopic (exact) mass is 432 g/mol. The Morgan fingerprint density at radius 3 is 1.81 bits per heavy atom. The second-order valence-electron chi connectivity index (χ2n) is 9.99. The van der Waals surface area contributed by atoms with Gasteiger partial charge in [0.15, 0.2) is 6.29 Å². The van der Waals surface area contributed by atoms with Gasteiger partial charge in [-0.1, -0.05) is 64.8 Å². The van der Waals surface area contributed by atoms with E-state index in [0.29, 0.717) is 11.8 Å². The molecule has 0 spiro atoms. The molecule has 3 aliphatic rings. The first-order chi connectivity index (χ1) is 15.1. The lowest BCUT2D eigenvalue weighted by molar-refractivity contribution is -0.296. The molecule has 1 N–H and O–H groups in total. The zero-order chi connectivity index (χ0) is 22.2. The molecule has 176 valence electrons. The van der Waals surface area contributed by atoms with Crippen molar-refractivity contribution in [3.63, 3.8) is 0 Å². The maximum Gasteiger partial charge on any atom is 0.183 e. The van der Waals surface area contributed by atoms with Gasteiger partial charge in [-0.25, -0.2) is 4.89 Å². The normalized spacial score (nSPS) is 35.0. The van der Waals surface area contributed by atoms with Gasteiger partial charge in [-0.05, 0) is 67.8 Å². The van der Waals surface area contributed by atoms with Crippen LogP contribution in [0.4, 0.5) is 0 Å². The van der Waals surface area contributed by atoms with Gasteiger partial charge in [0.2, 0.25) is 0 Å². The number of hydrogen-bond donors (Lipinski definition) is 1. The van der Waals surface area contributed by atoms with Crippen LogP contribution >= 0.6 is 0 Å². The van der Waals surface area contributed by atoms with Crippen LogP contribution in [0.5, 0.6) is 0 Å². The van der Waals surface area contributed by atoms with Crippen molar-refractivity contribution in [2.24, 2.45) is 29.6 Å². The summed E-state index contributed by atoms with van der Waals surface area (Å²) in [6, 6.07) is 8.23. The fourth-order valence-electron chi connectivity index (χ4n) is 5.73. The summed E-state index contributed by atoms with van der Waals surface area (Å²) < 4.78 is 11.6. The van der Waals surface area contributed by atoms with Crippen LogP contribution in [0.1, 0.15) is 103 Å². The maximum atomic E-state index is 9.67. The molecule has 0 radical (unpaired) electrons. The van der Waals surface area contributed by atoms with Crippen molar-refractivity contribution in [1.29, 1.82) is 0 Å². The van der Waals surface area contributed by atoms with Crippen LogP contribution in [0.25, 0.3) is 0 Å². The van der Waals surface area contributed by atoms with Gasteiger partial charge in [-0.15, -0.1) is 0 Å². The second-order valence-corrected chi connectivity index (χ2v) is 9.99. The van der Waals surface area contributed by atoms with E-state index < -0.39 is 0 Å². The van der Waals surface area contributed by atoms with E-state index in [1.807, 2.05) is 13.8 Å². The molecule has 2 saturated carbocycles. The molecule has 4 nitrogen and oxygen atoms in total. The first kappa shape index (κ1) is 24.7. The topological polar surface area (TPSA) is 47.9 Å². The molecular formula is C27H44O4. The molecule has 3 fully saturated rings. The molecule has 1 aliphatic heterocycles. The van der Waals surface area contributed by atoms with Gasteiger partial charge in [0.25, 0.3) is 0 Å². The van der Waals surface area contributed by atoms with E-state index in [-0.39, 0.29) is 12.4 Å². The van der Waals surface area contributed by atoms with Crippen molar-refractivity contribution in [3.8, 4) is 0 Å². The lowest BCUT2D eigenvalue weighted by Crippen LogP contribution is -2.28. The smallest absolute Gasteiger partial charge is 0.183 e. The molecule has 1 unspecified atom stereocenters. The van der Waals surface area contributed by atoms with Gasteiger partial charge in [0, 0.05) is 11.5 Å². The Morgan fingerprint density at radius 1 is 0.774 bits per heavy atom. The fraction of sp³-hybridized carbons (Fsp3) is 0.778. The molecule has 4 rings (SSSR count). The largest absolute Gasteiger partial charge is 0.348 e. The standard InChI is InChI=1S/C25H38O4.C2H6/c1-17-3-5-19(6-4-17)20-7-9-21(10-8-20)24(29-26)22-11-13-23(14-12-22)25-27-15-18(2)16-28-25;1-2/h11-14,17-21,24-26H,3-10,15-16H2,1-2H3;1-2H3. The molecule has 31 heavy (non-hydrogen) atoms. The van der Waals surface area contributed by atoms with Crippen LogP contribution in [-0.4, -0.2) is 18.5 Å². The minimum absolute atomic E-state index is 0.232. The molecule has 1 aromatic carbocycles. The first-order valence-electron chi connectivity index (χ1n) is 12.8. The molecule has 0 amide bonds. The number of benzene rings is 1. The van der Waals surface area contributed by atoms with E-state index in [9.17, 15) is 5.26 Å². The molecule has 0 aromatic heterocycles. The summed E-state index contributed by atoms with van der Waals surface area (Å²) in [5.74, 6) is 3.57. The molecule has 1 heterocycles. The number of ether oxygens (including phenoxy) is 2. The highest BCUT2D eigenvalue weighted by molar-refractivity contribution is 5.26. The van der Waals surface area contributed by atoms with Crippen LogP contribution < -0.4 is 0 Å². The van der Waals surface area contributed by atoms with Crippen LogP contribution in [0.3, 0.4) is 0 Å². The van der Waals surface area contributed by atoms with E-state index in [2.05, 4.69) is 38.1 Å². The van der Waals surface area contributed by atoms with Crippen molar-refractivity contribution in [2.45, 2.75) is 91.5 Å². The summed E-state index contributed by atoms with van der Waals surface area (Å²) in [4.78, 5) is 5.01. The summed E-state index contributed by atoms with van der Waals surface area (Å²) in [6.07, 6.45) is 10.0. The SMILES string of the molecule is CC.CC1CCC(C2CCC(C(OO)c3ccc(C4OCC(C)CO4)cc3)CC2)CC1. The Balaban J connectivity index is 0.00000132. The summed E-state index contributed by atoms with van der Waals surface area (Å²) in [7, 11) is 0. The van der Waals surface area contributed by atoms with Gasteiger partial charge in [0.05, 0.1) is 13.2 Å². The Kier molecular flexibility index (Phi) is 9.83. The molecule has 1 aromatic rings. The van der Waals surface area contributed by atoms with Gasteiger partial charge in [-0.2, -0.15) is 0 Å². The molecule has 4 heteroatoms. The minimum atomic E-state index is -0.276. The lowest BCUT2D eigenvalue weighted by Gasteiger charge is -2.38. The van der Waals surface area contributed by atoms with E-state index in [1.165, 1.54) is 38.5 Å². The fourth-order valence-corrected chi connectivity index (χ4v) is 5.73. The van der Waals surface area contributed by atoms with Crippen LogP contribution in [0.15, 0.2) is 24.3 Å². The Bertz CT molecular complexity index is 607. The van der Waals surface area contributed by atoms with Crippen LogP contribution in [0.2, 0.25) is 0 Å². The van der Waals surface area contributed by atoms with E-state index in [4.69, 9.17) is 14.4 Å². The lowest BCUT2D eigenvalue weighted by atomic mass is 9.68. The van der Waals surface area contributed by atoms with Crippen LogP contribution in [-0.2, 0) is 14.4 Å². The predicted octanol–water partition coefficient (Wildman–Crippen LogP) is 7.56. The van der Waals surface area contributed by atoms with E-state index >= 15 is 0 Å². The van der Waals surface area contributed by atoms with Crippen molar-refractivity contribution in [1.82, 2.24) is 0 Å². The van der Waals surface area contributed by atoms with Gasteiger partial charge < -0.3 is 9.47 Å². The highest BCUT2D eigenvalue weighted by atomic mass is 17.1. The van der Waals surface area contributed by atoms with Gasteiger partial charge in [-0.3, -0.25) is 5.26 Å². The highest BCUT2D eigenvalue weighted by Crippen LogP contribution is 2.45. The third kappa shape index (κ3) is 6.54. The Labute approximate surface area is 189 Å². The Morgan fingerprint density at radius 2 is 1.29 bits per heavy atom. The average Bonchev–Trinajstić information content (AvgIpc) is 2.83. The summed E-state index contributed by atoms with van der Waals surface area (Å²) in [6.45, 7) is 10.00. The Hall–Kier alpha value is -0.940. The summed E-state index contributed by atoms with van der Waals surface area (Å²) in [5.41, 5.74) is 2.09. The summed E-state index contributed by atoms with van der Waals surface area (Å²) >= 11 is 0. The molecular weight excluding hydrogens is 388 g/mol. The predicted molar refractivity (Wildman–Crippen MR) is 125 cm³/mol. The molecule has 0 bridgehead atoms. The van der Waals surface area contributed by atoms with Crippen molar-refractivity contribution in [2.75, 3.05) is 13.2 Å². The number of rotatable bonds is 5. The zero-order valence-corrected chi connectivity index (χ0v) is 20.1. The molecule has 1 atom stereocenters. The number of hydrogen-bond acceptors (Lipinski definition) is 4. The average molecular weight is 433 g/mol. The van der Waals surface area contributed by atoms with E-state index in [1.54, 1.807) is 0 Å². The van der Waals surface area contributed by atoms with Gasteiger partial charge in [0.1, 0.15) is 6.10 Å². The quantitative estimate of drug-likeness (QED) is 0.385. The second kappa shape index (κ2) is 12.3. The molecule has 1 saturated heterocycles. The minimum Gasteiger partial charge on any atom is -0.348 e. The highest BCUT2D eigenvalue weighted by Gasteiger charge is 2.34. The van der Waals surface area contributed by atoms with Crippen molar-refractivity contribution < 1.29 is 19.6 Å².